The summed E-state index contributed by atoms with van der Waals surface area (Å²) in [6, 6.07) is 1.78. The normalized spacial score (nSPS) is 14.7. The third kappa shape index (κ3) is 4.40. The molecular weight excluding hydrogens is 254 g/mol. The summed E-state index contributed by atoms with van der Waals surface area (Å²) < 4.78 is 23.7. The van der Waals surface area contributed by atoms with Crippen molar-refractivity contribution in [3.63, 3.8) is 0 Å². The van der Waals surface area contributed by atoms with Crippen LogP contribution in [0.2, 0.25) is 0 Å². The van der Waals surface area contributed by atoms with E-state index in [1.54, 1.807) is 37.0 Å². The molecule has 104 valence electrons. The van der Waals surface area contributed by atoms with E-state index < -0.39 is 20.7 Å². The molecule has 0 fully saturated rings. The molecular formula is C11H21N3O3S. The maximum Gasteiger partial charge on any atom is 0.153 e. The highest BCUT2D eigenvalue weighted by Gasteiger charge is 2.29. The van der Waals surface area contributed by atoms with Crippen LogP contribution in [0.15, 0.2) is 18.5 Å². The number of nitrogens with one attached hydrogen (secondary N) is 1. The second-order valence-corrected chi connectivity index (χ2v) is 7.69. The Kier molecular flexibility index (Phi) is 4.89. The fourth-order valence-electron chi connectivity index (χ4n) is 1.36. The molecule has 1 aromatic rings. The summed E-state index contributed by atoms with van der Waals surface area (Å²) in [5, 5.41) is 16.7. The fraction of sp³-hybridized carbons (Fsp3) is 0.727. The van der Waals surface area contributed by atoms with Gasteiger partial charge >= 0.3 is 0 Å². The van der Waals surface area contributed by atoms with Gasteiger partial charge in [-0.15, -0.1) is 0 Å². The zero-order chi connectivity index (χ0) is 13.8. The lowest BCUT2D eigenvalue weighted by molar-refractivity contribution is 0.146. The Hall–Kier alpha value is -0.920. The molecule has 0 aliphatic heterocycles. The summed E-state index contributed by atoms with van der Waals surface area (Å²) in [5.74, 6) is 0. The van der Waals surface area contributed by atoms with Gasteiger partial charge in [0, 0.05) is 31.7 Å². The van der Waals surface area contributed by atoms with Gasteiger partial charge in [0.15, 0.2) is 9.84 Å². The first-order valence-corrected chi connectivity index (χ1v) is 7.67. The van der Waals surface area contributed by atoms with Crippen LogP contribution in [0.4, 0.5) is 0 Å². The monoisotopic (exact) mass is 275 g/mol. The van der Waals surface area contributed by atoms with Crippen molar-refractivity contribution in [2.45, 2.75) is 31.2 Å². The predicted octanol–water partition coefficient (Wildman–Crippen LogP) is -0.343. The molecule has 1 rings (SSSR count). The molecule has 6 nitrogen and oxygen atoms in total. The number of aromatic nitrogens is 2. The number of sulfone groups is 1. The lowest BCUT2D eigenvalue weighted by Crippen LogP contribution is -2.44. The van der Waals surface area contributed by atoms with Crippen LogP contribution in [-0.4, -0.2) is 53.5 Å². The zero-order valence-electron chi connectivity index (χ0n) is 11.0. The van der Waals surface area contributed by atoms with E-state index in [0.717, 1.165) is 0 Å². The van der Waals surface area contributed by atoms with Crippen molar-refractivity contribution in [3.8, 4) is 0 Å². The number of hydrogen-bond donors (Lipinski definition) is 2. The summed E-state index contributed by atoms with van der Waals surface area (Å²) >= 11 is 0. The number of aliphatic hydroxyl groups excluding tert-OH is 1. The second-order valence-electron chi connectivity index (χ2n) is 5.04. The topological polar surface area (TPSA) is 84.2 Å². The number of hydrogen-bond acceptors (Lipinski definition) is 5. The molecule has 7 heteroatoms. The molecule has 18 heavy (non-hydrogen) atoms. The van der Waals surface area contributed by atoms with Gasteiger partial charge in [-0.2, -0.15) is 5.10 Å². The molecule has 0 saturated carbocycles. The highest BCUT2D eigenvalue weighted by atomic mass is 32.2. The van der Waals surface area contributed by atoms with Crippen molar-refractivity contribution in [2.75, 3.05) is 19.3 Å². The van der Waals surface area contributed by atoms with Gasteiger partial charge in [0.1, 0.15) is 0 Å². The van der Waals surface area contributed by atoms with Gasteiger partial charge in [-0.25, -0.2) is 8.42 Å². The molecule has 1 aromatic heterocycles. The first-order chi connectivity index (χ1) is 8.22. The molecule has 1 unspecified atom stereocenters. The molecule has 0 radical (unpaired) electrons. The van der Waals surface area contributed by atoms with E-state index in [9.17, 15) is 13.5 Å². The Bertz CT molecular complexity index is 454. The van der Waals surface area contributed by atoms with Crippen LogP contribution < -0.4 is 5.32 Å². The maximum absolute atomic E-state index is 11.5. The van der Waals surface area contributed by atoms with Crippen LogP contribution in [-0.2, 0) is 16.4 Å². The van der Waals surface area contributed by atoms with Crippen molar-refractivity contribution < 1.29 is 13.5 Å². The summed E-state index contributed by atoms with van der Waals surface area (Å²) in [7, 11) is -3.11. The Morgan fingerprint density at radius 1 is 1.50 bits per heavy atom. The molecule has 0 aliphatic rings. The predicted molar refractivity (Wildman–Crippen MR) is 70.0 cm³/mol. The molecule has 0 spiro atoms. The Morgan fingerprint density at radius 2 is 2.17 bits per heavy atom. The molecule has 2 N–H and O–H groups in total. The van der Waals surface area contributed by atoms with Gasteiger partial charge in [-0.3, -0.25) is 4.68 Å². The van der Waals surface area contributed by atoms with Gasteiger partial charge < -0.3 is 10.4 Å². The lowest BCUT2D eigenvalue weighted by atomic mass is 10.2. The largest absolute Gasteiger partial charge is 0.390 e. The number of nitrogens with zero attached hydrogens (tertiary/aromatic N) is 2. The lowest BCUT2D eigenvalue weighted by Gasteiger charge is -2.23. The molecule has 0 amide bonds. The minimum Gasteiger partial charge on any atom is -0.390 e. The van der Waals surface area contributed by atoms with E-state index in [1.165, 1.54) is 6.26 Å². The van der Waals surface area contributed by atoms with Crippen LogP contribution in [0.5, 0.6) is 0 Å². The van der Waals surface area contributed by atoms with E-state index in [-0.39, 0.29) is 0 Å². The molecule has 0 saturated heterocycles. The van der Waals surface area contributed by atoms with Crippen LogP contribution in [0.1, 0.15) is 13.8 Å². The minimum atomic E-state index is -3.11. The first kappa shape index (κ1) is 15.1. The first-order valence-electron chi connectivity index (χ1n) is 5.78. The molecule has 1 atom stereocenters. The average Bonchev–Trinajstić information content (AvgIpc) is 2.68. The van der Waals surface area contributed by atoms with Crippen molar-refractivity contribution in [3.05, 3.63) is 18.5 Å². The Morgan fingerprint density at radius 3 is 2.67 bits per heavy atom. The average molecular weight is 275 g/mol. The van der Waals surface area contributed by atoms with Gasteiger partial charge in [0.25, 0.3) is 0 Å². The summed E-state index contributed by atoms with van der Waals surface area (Å²) in [6.45, 7) is 4.35. The van der Waals surface area contributed by atoms with Crippen molar-refractivity contribution in [1.29, 1.82) is 0 Å². The Balaban J connectivity index is 2.34. The van der Waals surface area contributed by atoms with Gasteiger partial charge in [-0.05, 0) is 19.9 Å². The van der Waals surface area contributed by atoms with Crippen LogP contribution in [0.25, 0.3) is 0 Å². The molecule has 1 heterocycles. The smallest absolute Gasteiger partial charge is 0.153 e. The van der Waals surface area contributed by atoms with Crippen molar-refractivity contribution in [2.24, 2.45) is 0 Å². The van der Waals surface area contributed by atoms with E-state index in [2.05, 4.69) is 10.4 Å². The van der Waals surface area contributed by atoms with Crippen LogP contribution in [0.3, 0.4) is 0 Å². The van der Waals surface area contributed by atoms with Crippen molar-refractivity contribution >= 4 is 9.84 Å². The second kappa shape index (κ2) is 5.81. The summed E-state index contributed by atoms with van der Waals surface area (Å²) in [4.78, 5) is 0. The third-order valence-electron chi connectivity index (χ3n) is 2.89. The summed E-state index contributed by atoms with van der Waals surface area (Å²) in [5.41, 5.74) is 0. The highest BCUT2D eigenvalue weighted by molar-refractivity contribution is 7.92. The SMILES string of the molecule is CC(C)(CNCC(O)Cn1cccn1)S(C)(=O)=O. The van der Waals surface area contributed by atoms with E-state index in [0.29, 0.717) is 19.6 Å². The standard InChI is InChI=1S/C11H21N3O3S/c1-11(2,18(3,16)17)9-12-7-10(15)8-14-6-4-5-13-14/h4-6,10,12,15H,7-9H2,1-3H3. The van der Waals surface area contributed by atoms with E-state index in [1.807, 2.05) is 0 Å². The Labute approximate surface area is 108 Å². The van der Waals surface area contributed by atoms with E-state index in [4.69, 9.17) is 0 Å². The quantitative estimate of drug-likeness (QED) is 0.711. The number of aliphatic hydroxyl groups is 1. The number of rotatable bonds is 7. The molecule has 0 aromatic carbocycles. The van der Waals surface area contributed by atoms with Crippen molar-refractivity contribution in [1.82, 2.24) is 15.1 Å². The van der Waals surface area contributed by atoms with Crippen LogP contribution >= 0.6 is 0 Å². The summed E-state index contributed by atoms with van der Waals surface area (Å²) in [6.07, 6.45) is 4.03. The zero-order valence-corrected chi connectivity index (χ0v) is 11.8. The van der Waals surface area contributed by atoms with Gasteiger partial charge in [0.05, 0.1) is 17.4 Å². The van der Waals surface area contributed by atoms with E-state index >= 15 is 0 Å². The molecule has 0 bridgehead atoms. The maximum atomic E-state index is 11.5. The highest BCUT2D eigenvalue weighted by Crippen LogP contribution is 2.13. The minimum absolute atomic E-state index is 0.308. The third-order valence-corrected chi connectivity index (χ3v) is 5.04. The van der Waals surface area contributed by atoms with Crippen LogP contribution in [0, 0.1) is 0 Å². The van der Waals surface area contributed by atoms with Gasteiger partial charge in [0.2, 0.25) is 0 Å². The van der Waals surface area contributed by atoms with Gasteiger partial charge in [-0.1, -0.05) is 0 Å². The fourth-order valence-corrected chi connectivity index (χ4v) is 1.72. The molecule has 0 aliphatic carbocycles.